The van der Waals surface area contributed by atoms with Gasteiger partial charge in [-0.3, -0.25) is 0 Å². The van der Waals surface area contributed by atoms with Crippen molar-refractivity contribution in [1.82, 2.24) is 9.55 Å². The maximum Gasteiger partial charge on any atom is 0.111 e. The third-order valence-corrected chi connectivity index (χ3v) is 4.07. The maximum atomic E-state index is 9.07. The Hall–Kier alpha value is -1.53. The molecule has 106 valence electrons. The molecular formula is C16H20ClN3. The van der Waals surface area contributed by atoms with Crippen molar-refractivity contribution < 1.29 is 0 Å². The monoisotopic (exact) mass is 289 g/mol. The van der Waals surface area contributed by atoms with E-state index in [-0.39, 0.29) is 0 Å². The van der Waals surface area contributed by atoms with Gasteiger partial charge in [-0.05, 0) is 30.0 Å². The first kappa shape index (κ1) is 14.9. The lowest BCUT2D eigenvalue weighted by molar-refractivity contribution is 0.364. The van der Waals surface area contributed by atoms with Crippen LogP contribution in [0.15, 0.2) is 18.2 Å². The standard InChI is InChI=1S/C16H20ClN3/c1-11(2)12(3)10-20-15-8-13(9-18)4-5-14(15)19-16(20)6-7-17/h4-5,8,11-12H,6-7,10H2,1-3H3. The van der Waals surface area contributed by atoms with Crippen LogP contribution in [0.25, 0.3) is 11.0 Å². The van der Waals surface area contributed by atoms with Crippen LogP contribution in [0.4, 0.5) is 0 Å². The highest BCUT2D eigenvalue weighted by Crippen LogP contribution is 2.22. The van der Waals surface area contributed by atoms with Gasteiger partial charge in [0.15, 0.2) is 0 Å². The molecule has 0 amide bonds. The van der Waals surface area contributed by atoms with Crippen molar-refractivity contribution in [3.63, 3.8) is 0 Å². The number of benzene rings is 1. The van der Waals surface area contributed by atoms with Crippen LogP contribution >= 0.6 is 11.6 Å². The van der Waals surface area contributed by atoms with Gasteiger partial charge >= 0.3 is 0 Å². The second kappa shape index (κ2) is 6.28. The molecule has 0 bridgehead atoms. The summed E-state index contributed by atoms with van der Waals surface area (Å²) in [6.45, 7) is 7.61. The van der Waals surface area contributed by atoms with E-state index in [1.807, 2.05) is 18.2 Å². The Balaban J connectivity index is 2.51. The molecule has 0 N–H and O–H groups in total. The summed E-state index contributed by atoms with van der Waals surface area (Å²) >= 11 is 5.89. The fourth-order valence-corrected chi connectivity index (χ4v) is 2.39. The molecule has 0 radical (unpaired) electrons. The van der Waals surface area contributed by atoms with E-state index in [0.717, 1.165) is 29.8 Å². The van der Waals surface area contributed by atoms with Crippen LogP contribution in [0.5, 0.6) is 0 Å². The van der Waals surface area contributed by atoms with Crippen molar-refractivity contribution in [2.75, 3.05) is 5.88 Å². The molecule has 1 unspecified atom stereocenters. The van der Waals surface area contributed by atoms with E-state index in [9.17, 15) is 0 Å². The van der Waals surface area contributed by atoms with Crippen molar-refractivity contribution in [2.24, 2.45) is 11.8 Å². The number of aryl methyl sites for hydroxylation is 1. The van der Waals surface area contributed by atoms with E-state index >= 15 is 0 Å². The number of aromatic nitrogens is 2. The minimum absolute atomic E-state index is 0.548. The van der Waals surface area contributed by atoms with Gasteiger partial charge < -0.3 is 4.57 Å². The lowest BCUT2D eigenvalue weighted by atomic mass is 9.98. The molecule has 1 aromatic heterocycles. The first-order valence-electron chi connectivity index (χ1n) is 7.02. The lowest BCUT2D eigenvalue weighted by Gasteiger charge is -2.18. The van der Waals surface area contributed by atoms with Crippen molar-refractivity contribution >= 4 is 22.6 Å². The molecule has 0 saturated carbocycles. The van der Waals surface area contributed by atoms with Crippen LogP contribution in [-0.4, -0.2) is 15.4 Å². The van der Waals surface area contributed by atoms with Gasteiger partial charge in [0.05, 0.1) is 22.7 Å². The zero-order chi connectivity index (χ0) is 14.7. The molecule has 3 nitrogen and oxygen atoms in total. The van der Waals surface area contributed by atoms with Gasteiger partial charge in [-0.2, -0.15) is 5.26 Å². The predicted molar refractivity (Wildman–Crippen MR) is 82.9 cm³/mol. The van der Waals surface area contributed by atoms with Crippen LogP contribution in [0, 0.1) is 23.2 Å². The van der Waals surface area contributed by atoms with Gasteiger partial charge in [0.2, 0.25) is 0 Å². The van der Waals surface area contributed by atoms with E-state index in [1.54, 1.807) is 0 Å². The highest BCUT2D eigenvalue weighted by molar-refractivity contribution is 6.17. The summed E-state index contributed by atoms with van der Waals surface area (Å²) in [5.41, 5.74) is 2.66. The van der Waals surface area contributed by atoms with E-state index in [4.69, 9.17) is 16.9 Å². The van der Waals surface area contributed by atoms with Gasteiger partial charge in [-0.1, -0.05) is 20.8 Å². The normalized spacial score (nSPS) is 12.8. The minimum atomic E-state index is 0.548. The van der Waals surface area contributed by atoms with E-state index in [0.29, 0.717) is 23.3 Å². The average molecular weight is 290 g/mol. The average Bonchev–Trinajstić information content (AvgIpc) is 2.76. The first-order chi connectivity index (χ1) is 9.56. The van der Waals surface area contributed by atoms with Crippen molar-refractivity contribution in [2.45, 2.75) is 33.7 Å². The third kappa shape index (κ3) is 2.96. The summed E-state index contributed by atoms with van der Waals surface area (Å²) in [5.74, 6) is 2.73. The Morgan fingerprint density at radius 3 is 2.70 bits per heavy atom. The van der Waals surface area contributed by atoms with Crippen LogP contribution in [0.1, 0.15) is 32.2 Å². The van der Waals surface area contributed by atoms with Gasteiger partial charge in [-0.25, -0.2) is 4.98 Å². The zero-order valence-electron chi connectivity index (χ0n) is 12.2. The molecule has 0 aliphatic heterocycles. The number of rotatable bonds is 5. The van der Waals surface area contributed by atoms with Gasteiger partial charge in [0.1, 0.15) is 5.82 Å². The number of hydrogen-bond acceptors (Lipinski definition) is 2. The molecule has 1 aromatic carbocycles. The highest BCUT2D eigenvalue weighted by atomic mass is 35.5. The van der Waals surface area contributed by atoms with Crippen LogP contribution in [-0.2, 0) is 13.0 Å². The minimum Gasteiger partial charge on any atom is -0.328 e. The highest BCUT2D eigenvalue weighted by Gasteiger charge is 2.15. The molecule has 0 saturated heterocycles. The lowest BCUT2D eigenvalue weighted by Crippen LogP contribution is -2.15. The van der Waals surface area contributed by atoms with Gasteiger partial charge in [0.25, 0.3) is 0 Å². The van der Waals surface area contributed by atoms with Crippen LogP contribution in [0.2, 0.25) is 0 Å². The molecule has 1 atom stereocenters. The molecule has 20 heavy (non-hydrogen) atoms. The van der Waals surface area contributed by atoms with Gasteiger partial charge in [0, 0.05) is 18.8 Å². The molecule has 0 aliphatic carbocycles. The topological polar surface area (TPSA) is 41.6 Å². The first-order valence-corrected chi connectivity index (χ1v) is 7.55. The van der Waals surface area contributed by atoms with E-state index in [2.05, 4.69) is 36.4 Å². The third-order valence-electron chi connectivity index (χ3n) is 3.88. The maximum absolute atomic E-state index is 9.07. The Labute approximate surface area is 125 Å². The Bertz CT molecular complexity index is 637. The van der Waals surface area contributed by atoms with Crippen LogP contribution < -0.4 is 0 Å². The Kier molecular flexibility index (Phi) is 4.67. The largest absolute Gasteiger partial charge is 0.328 e. The number of nitrogens with zero attached hydrogens (tertiary/aromatic N) is 3. The van der Waals surface area contributed by atoms with Gasteiger partial charge in [-0.15, -0.1) is 11.6 Å². The van der Waals surface area contributed by atoms with E-state index < -0.39 is 0 Å². The fraction of sp³-hybridized carbons (Fsp3) is 0.500. The number of halogens is 1. The quantitative estimate of drug-likeness (QED) is 0.781. The van der Waals surface area contributed by atoms with Crippen molar-refractivity contribution in [3.05, 3.63) is 29.6 Å². The summed E-state index contributed by atoms with van der Waals surface area (Å²) in [5, 5.41) is 9.07. The SMILES string of the molecule is CC(C)C(C)Cn1c(CCCl)nc2ccc(C#N)cc21. The Morgan fingerprint density at radius 1 is 1.35 bits per heavy atom. The van der Waals surface area contributed by atoms with Crippen LogP contribution in [0.3, 0.4) is 0 Å². The summed E-state index contributed by atoms with van der Waals surface area (Å²) < 4.78 is 2.23. The summed E-state index contributed by atoms with van der Waals surface area (Å²) in [4.78, 5) is 4.66. The predicted octanol–water partition coefficient (Wildman–Crippen LogP) is 3.98. The number of fused-ring (bicyclic) bond motifs is 1. The second-order valence-electron chi connectivity index (χ2n) is 5.61. The number of alkyl halides is 1. The smallest absolute Gasteiger partial charge is 0.111 e. The summed E-state index contributed by atoms with van der Waals surface area (Å²) in [6.07, 6.45) is 0.753. The molecule has 0 fully saturated rings. The zero-order valence-corrected chi connectivity index (χ0v) is 13.0. The van der Waals surface area contributed by atoms with E-state index in [1.165, 1.54) is 0 Å². The Morgan fingerprint density at radius 2 is 2.10 bits per heavy atom. The fourth-order valence-electron chi connectivity index (χ4n) is 2.22. The molecule has 4 heteroatoms. The van der Waals surface area contributed by atoms with Crippen molar-refractivity contribution in [3.8, 4) is 6.07 Å². The molecule has 2 rings (SSSR count). The summed E-state index contributed by atoms with van der Waals surface area (Å²) in [7, 11) is 0. The molecule has 0 aliphatic rings. The number of imidazole rings is 1. The second-order valence-corrected chi connectivity index (χ2v) is 5.99. The molecule has 0 spiro atoms. The molecule has 2 aromatic rings. The summed E-state index contributed by atoms with van der Waals surface area (Å²) in [6, 6.07) is 7.85. The van der Waals surface area contributed by atoms with Crippen molar-refractivity contribution in [1.29, 1.82) is 5.26 Å². The molecular weight excluding hydrogens is 270 g/mol. The molecule has 1 heterocycles. The number of hydrogen-bond donors (Lipinski definition) is 0. The number of nitriles is 1.